The number of rotatable bonds is 0. The van der Waals surface area contributed by atoms with Crippen molar-refractivity contribution < 1.29 is 9.47 Å². The number of halogens is 1. The van der Waals surface area contributed by atoms with Gasteiger partial charge in [0.25, 0.3) is 0 Å². The van der Waals surface area contributed by atoms with Crippen LogP contribution in [0.1, 0.15) is 19.3 Å². The second kappa shape index (κ2) is 1.11. The molecule has 2 heterocycles. The molecule has 0 bridgehead atoms. The van der Waals surface area contributed by atoms with Crippen LogP contribution >= 0.6 is 15.9 Å². The zero-order chi connectivity index (χ0) is 6.11. The van der Waals surface area contributed by atoms with Crippen molar-refractivity contribution in [2.45, 2.75) is 35.7 Å². The van der Waals surface area contributed by atoms with Gasteiger partial charge in [0.15, 0.2) is 0 Å². The molecule has 3 aliphatic rings. The quantitative estimate of drug-likeness (QED) is 0.427. The standard InChI is InChI=1S/C6H7BrO2/c7-4-2-1-3-5-6(4,8-5)9-5/h4H,1-3H2. The predicted octanol–water partition coefficient (Wildman–Crippen LogP) is 1.39. The van der Waals surface area contributed by atoms with Crippen molar-refractivity contribution in [3.05, 3.63) is 0 Å². The Morgan fingerprint density at radius 1 is 1.44 bits per heavy atom. The fraction of sp³-hybridized carbons (Fsp3) is 1.00. The van der Waals surface area contributed by atoms with E-state index in [-0.39, 0.29) is 11.6 Å². The Bertz CT molecular complexity index is 174. The molecule has 0 aromatic heterocycles. The van der Waals surface area contributed by atoms with Crippen LogP contribution in [-0.4, -0.2) is 16.4 Å². The molecule has 9 heavy (non-hydrogen) atoms. The fourth-order valence-electron chi connectivity index (χ4n) is 1.79. The van der Waals surface area contributed by atoms with Gasteiger partial charge in [0.2, 0.25) is 11.6 Å². The maximum Gasteiger partial charge on any atom is 0.242 e. The van der Waals surface area contributed by atoms with E-state index in [0.717, 1.165) is 6.42 Å². The largest absolute Gasteiger partial charge is 0.306 e. The average Bonchev–Trinajstić information content (AvgIpc) is 2.49. The Morgan fingerprint density at radius 2 is 2.22 bits per heavy atom. The van der Waals surface area contributed by atoms with Crippen molar-refractivity contribution in [1.82, 2.24) is 0 Å². The summed E-state index contributed by atoms with van der Waals surface area (Å²) in [5.74, 6) is -0.218. The summed E-state index contributed by atoms with van der Waals surface area (Å²) in [7, 11) is 0. The highest BCUT2D eigenvalue weighted by molar-refractivity contribution is 9.09. The third-order valence-corrected chi connectivity index (χ3v) is 3.52. The fourth-order valence-corrected chi connectivity index (χ4v) is 2.65. The second-order valence-corrected chi connectivity index (χ2v) is 4.09. The molecule has 0 aromatic rings. The van der Waals surface area contributed by atoms with Gasteiger partial charge in [-0.2, -0.15) is 0 Å². The highest BCUT2D eigenvalue weighted by Crippen LogP contribution is 2.75. The van der Waals surface area contributed by atoms with E-state index >= 15 is 0 Å². The monoisotopic (exact) mass is 190 g/mol. The normalized spacial score (nSPS) is 68.3. The molecule has 2 saturated heterocycles. The van der Waals surface area contributed by atoms with Crippen LogP contribution in [0.15, 0.2) is 0 Å². The molecule has 0 amide bonds. The first-order valence-electron chi connectivity index (χ1n) is 3.34. The molecule has 3 fully saturated rings. The van der Waals surface area contributed by atoms with Crippen molar-refractivity contribution >= 4 is 15.9 Å². The number of alkyl halides is 1. The number of hydrogen-bond donors (Lipinski definition) is 0. The van der Waals surface area contributed by atoms with Gasteiger partial charge >= 0.3 is 0 Å². The van der Waals surface area contributed by atoms with E-state index in [1.165, 1.54) is 12.8 Å². The van der Waals surface area contributed by atoms with E-state index in [0.29, 0.717) is 4.83 Å². The van der Waals surface area contributed by atoms with E-state index in [1.54, 1.807) is 0 Å². The van der Waals surface area contributed by atoms with E-state index in [4.69, 9.17) is 9.47 Å². The molecule has 50 valence electrons. The maximum atomic E-state index is 5.38. The van der Waals surface area contributed by atoms with Gasteiger partial charge in [-0.1, -0.05) is 15.9 Å². The molecule has 3 rings (SSSR count). The van der Waals surface area contributed by atoms with Gasteiger partial charge in [-0.05, 0) is 12.8 Å². The third kappa shape index (κ3) is 0.372. The summed E-state index contributed by atoms with van der Waals surface area (Å²) in [6, 6.07) is 0. The van der Waals surface area contributed by atoms with E-state index < -0.39 is 0 Å². The Morgan fingerprint density at radius 3 is 2.78 bits per heavy atom. The van der Waals surface area contributed by atoms with Crippen molar-refractivity contribution in [3.63, 3.8) is 0 Å². The highest BCUT2D eigenvalue weighted by Gasteiger charge is 2.93. The van der Waals surface area contributed by atoms with Crippen molar-refractivity contribution in [3.8, 4) is 0 Å². The van der Waals surface area contributed by atoms with E-state index in [2.05, 4.69) is 15.9 Å². The van der Waals surface area contributed by atoms with Crippen LogP contribution in [-0.2, 0) is 9.47 Å². The Balaban J connectivity index is 1.97. The van der Waals surface area contributed by atoms with Crippen molar-refractivity contribution in [1.29, 1.82) is 0 Å². The summed E-state index contributed by atoms with van der Waals surface area (Å²) in [6.45, 7) is 0. The lowest BCUT2D eigenvalue weighted by molar-refractivity contribution is -0.0901. The lowest BCUT2D eigenvalue weighted by atomic mass is 10.0. The van der Waals surface area contributed by atoms with Crippen molar-refractivity contribution in [2.75, 3.05) is 0 Å². The first-order valence-corrected chi connectivity index (χ1v) is 4.25. The van der Waals surface area contributed by atoms with Gasteiger partial charge < -0.3 is 9.47 Å². The number of epoxide rings is 2. The number of hydrogen-bond acceptors (Lipinski definition) is 2. The molecule has 0 N–H and O–H groups in total. The minimum atomic E-state index is -0.134. The zero-order valence-corrected chi connectivity index (χ0v) is 6.48. The second-order valence-electron chi connectivity index (χ2n) is 2.98. The van der Waals surface area contributed by atoms with Crippen molar-refractivity contribution in [2.24, 2.45) is 0 Å². The molecule has 1 aliphatic carbocycles. The first kappa shape index (κ1) is 5.10. The summed E-state index contributed by atoms with van der Waals surface area (Å²) in [4.78, 5) is 0.457. The van der Waals surface area contributed by atoms with E-state index in [1.807, 2.05) is 0 Å². The molecule has 1 unspecified atom stereocenters. The molecule has 1 saturated carbocycles. The Kier molecular flexibility index (Phi) is 0.627. The number of ether oxygens (including phenoxy) is 2. The van der Waals surface area contributed by atoms with Gasteiger partial charge in [-0.25, -0.2) is 0 Å². The zero-order valence-electron chi connectivity index (χ0n) is 4.89. The van der Waals surface area contributed by atoms with Crippen LogP contribution in [0.3, 0.4) is 0 Å². The summed E-state index contributed by atoms with van der Waals surface area (Å²) in [5.41, 5.74) is 0. The molecule has 0 aromatic carbocycles. The molecule has 1 atom stereocenters. The van der Waals surface area contributed by atoms with Crippen LogP contribution in [0.25, 0.3) is 0 Å². The maximum absolute atomic E-state index is 5.38. The van der Waals surface area contributed by atoms with Gasteiger partial charge in [0.05, 0.1) is 4.83 Å². The average molecular weight is 191 g/mol. The van der Waals surface area contributed by atoms with Gasteiger partial charge in [-0.3, -0.25) is 0 Å². The molecule has 0 radical (unpaired) electrons. The van der Waals surface area contributed by atoms with Gasteiger partial charge in [0, 0.05) is 6.42 Å². The lowest BCUT2D eigenvalue weighted by Gasteiger charge is -2.06. The van der Waals surface area contributed by atoms with Gasteiger partial charge in [0.1, 0.15) is 0 Å². The minimum absolute atomic E-state index is 0.0839. The molecular weight excluding hydrogens is 184 g/mol. The Hall–Kier alpha value is 0.400. The smallest absolute Gasteiger partial charge is 0.242 e. The first-order chi connectivity index (χ1) is 4.29. The third-order valence-electron chi connectivity index (χ3n) is 2.46. The predicted molar refractivity (Wildman–Crippen MR) is 34.2 cm³/mol. The van der Waals surface area contributed by atoms with Crippen LogP contribution < -0.4 is 0 Å². The topological polar surface area (TPSA) is 25.1 Å². The van der Waals surface area contributed by atoms with Gasteiger partial charge in [-0.15, -0.1) is 0 Å². The van der Waals surface area contributed by atoms with E-state index in [9.17, 15) is 0 Å². The molecule has 2 aliphatic heterocycles. The molecular formula is C6H7BrO2. The molecule has 2 nitrogen and oxygen atoms in total. The van der Waals surface area contributed by atoms with Crippen LogP contribution in [0.2, 0.25) is 0 Å². The van der Waals surface area contributed by atoms with Crippen LogP contribution in [0.4, 0.5) is 0 Å². The summed E-state index contributed by atoms with van der Waals surface area (Å²) >= 11 is 3.54. The van der Waals surface area contributed by atoms with Crippen LogP contribution in [0.5, 0.6) is 0 Å². The Labute approximate surface area is 61.6 Å². The molecule has 0 spiro atoms. The SMILES string of the molecule is BrC1CCCC23OC12O3. The van der Waals surface area contributed by atoms with Crippen LogP contribution in [0, 0.1) is 0 Å². The molecule has 3 heteroatoms. The summed E-state index contributed by atoms with van der Waals surface area (Å²) in [6.07, 6.45) is 3.54. The summed E-state index contributed by atoms with van der Waals surface area (Å²) in [5, 5.41) is 0. The lowest BCUT2D eigenvalue weighted by Crippen LogP contribution is -2.16. The highest BCUT2D eigenvalue weighted by atomic mass is 79.9. The minimum Gasteiger partial charge on any atom is -0.306 e. The summed E-state index contributed by atoms with van der Waals surface area (Å²) < 4.78 is 10.8.